The van der Waals surface area contributed by atoms with Crippen molar-refractivity contribution in [3.05, 3.63) is 101 Å². The molecule has 2 heterocycles. The van der Waals surface area contributed by atoms with E-state index in [0.717, 1.165) is 5.69 Å². The molecular formula is C22H15FN6OS. The van der Waals surface area contributed by atoms with Crippen LogP contribution in [0, 0.1) is 5.82 Å². The van der Waals surface area contributed by atoms with E-state index in [1.165, 1.54) is 28.5 Å². The molecule has 7 nitrogen and oxygen atoms in total. The number of hydrogen-bond acceptors (Lipinski definition) is 6. The third kappa shape index (κ3) is 3.71. The molecule has 5 aromatic rings. The van der Waals surface area contributed by atoms with Crippen LogP contribution in [-0.4, -0.2) is 29.8 Å². The second kappa shape index (κ2) is 8.11. The van der Waals surface area contributed by atoms with Crippen molar-refractivity contribution in [3.63, 3.8) is 0 Å². The highest BCUT2D eigenvalue weighted by atomic mass is 32.2. The highest BCUT2D eigenvalue weighted by Gasteiger charge is 2.16. The summed E-state index contributed by atoms with van der Waals surface area (Å²) in [6, 6.07) is 22.5. The molecule has 2 aromatic heterocycles. The molecule has 0 aliphatic carbocycles. The minimum absolute atomic E-state index is 0.220. The smallest absolute Gasteiger partial charge is 0.266 e. The van der Waals surface area contributed by atoms with Crippen molar-refractivity contribution in [3.8, 4) is 11.4 Å². The summed E-state index contributed by atoms with van der Waals surface area (Å²) < 4.78 is 16.6. The van der Waals surface area contributed by atoms with Crippen molar-refractivity contribution in [1.82, 2.24) is 29.8 Å². The number of para-hydroxylation sites is 2. The normalized spacial score (nSPS) is 11.1. The summed E-state index contributed by atoms with van der Waals surface area (Å²) in [7, 11) is 0. The van der Waals surface area contributed by atoms with Gasteiger partial charge in [-0.25, -0.2) is 9.37 Å². The lowest BCUT2D eigenvalue weighted by molar-refractivity contribution is 0.627. The molecule has 5 rings (SSSR count). The Morgan fingerprint density at radius 1 is 0.871 bits per heavy atom. The molecule has 0 aliphatic heterocycles. The van der Waals surface area contributed by atoms with Crippen molar-refractivity contribution in [1.29, 1.82) is 0 Å². The van der Waals surface area contributed by atoms with E-state index in [2.05, 4.69) is 15.5 Å². The summed E-state index contributed by atoms with van der Waals surface area (Å²) in [5.74, 6) is 0.625. The maximum Gasteiger partial charge on any atom is 0.266 e. The summed E-state index contributed by atoms with van der Waals surface area (Å²) in [5, 5.41) is 12.9. The molecular weight excluding hydrogens is 415 g/mol. The molecule has 0 saturated carbocycles. The Balaban J connectivity index is 1.57. The Morgan fingerprint density at radius 3 is 2.42 bits per heavy atom. The average Bonchev–Trinajstić information content (AvgIpc) is 3.28. The second-order valence-electron chi connectivity index (χ2n) is 6.66. The minimum atomic E-state index is -0.373. The lowest BCUT2D eigenvalue weighted by Gasteiger charge is -2.13. The summed E-state index contributed by atoms with van der Waals surface area (Å²) in [5.41, 5.74) is 1.75. The number of nitrogens with zero attached hydrogens (tertiary/aromatic N) is 6. The number of rotatable bonds is 5. The zero-order chi connectivity index (χ0) is 21.2. The third-order valence-corrected chi connectivity index (χ3v) is 5.63. The Bertz CT molecular complexity index is 1420. The number of tetrazole rings is 1. The SMILES string of the molecule is O=c1c2ccccc2nc(SCc2nnnn2-c2ccccc2)n1-c1ccc(F)cc1. The van der Waals surface area contributed by atoms with E-state index < -0.39 is 0 Å². The molecule has 0 bridgehead atoms. The van der Waals surface area contributed by atoms with E-state index >= 15 is 0 Å². The van der Waals surface area contributed by atoms with Crippen LogP contribution < -0.4 is 5.56 Å². The molecule has 31 heavy (non-hydrogen) atoms. The molecule has 9 heteroatoms. The van der Waals surface area contributed by atoms with Crippen molar-refractivity contribution >= 4 is 22.7 Å². The van der Waals surface area contributed by atoms with E-state index in [1.807, 2.05) is 36.4 Å². The Labute approximate surface area is 180 Å². The van der Waals surface area contributed by atoms with Gasteiger partial charge in [0.2, 0.25) is 0 Å². The molecule has 0 amide bonds. The van der Waals surface area contributed by atoms with Crippen LogP contribution in [0.25, 0.3) is 22.3 Å². The summed E-state index contributed by atoms with van der Waals surface area (Å²) in [4.78, 5) is 17.9. The summed E-state index contributed by atoms with van der Waals surface area (Å²) >= 11 is 1.34. The number of thioether (sulfide) groups is 1. The van der Waals surface area contributed by atoms with Crippen LogP contribution in [0.2, 0.25) is 0 Å². The quantitative estimate of drug-likeness (QED) is 0.312. The lowest BCUT2D eigenvalue weighted by atomic mass is 10.2. The Morgan fingerprint density at radius 2 is 1.61 bits per heavy atom. The van der Waals surface area contributed by atoms with Crippen LogP contribution in [-0.2, 0) is 5.75 Å². The standard InChI is InChI=1S/C22H15FN6OS/c23-15-10-12-16(13-11-15)28-21(30)18-8-4-5-9-19(18)24-22(28)31-14-20-25-26-27-29(20)17-6-2-1-3-7-17/h1-13H,14H2. The molecule has 152 valence electrons. The number of fused-ring (bicyclic) bond motifs is 1. The third-order valence-electron chi connectivity index (χ3n) is 4.69. The molecule has 0 unspecified atom stereocenters. The number of benzene rings is 3. The molecule has 0 aliphatic rings. The molecule has 3 aromatic carbocycles. The molecule has 0 radical (unpaired) electrons. The molecule has 0 fully saturated rings. The first-order valence-corrected chi connectivity index (χ1v) is 10.4. The van der Waals surface area contributed by atoms with Crippen LogP contribution in [0.3, 0.4) is 0 Å². The Kier molecular flexibility index (Phi) is 5.01. The van der Waals surface area contributed by atoms with E-state index in [1.54, 1.807) is 35.0 Å². The van der Waals surface area contributed by atoms with Gasteiger partial charge in [0.1, 0.15) is 5.82 Å². The van der Waals surface area contributed by atoms with Crippen LogP contribution >= 0.6 is 11.8 Å². The van der Waals surface area contributed by atoms with Crippen molar-refractivity contribution < 1.29 is 4.39 Å². The summed E-state index contributed by atoms with van der Waals surface area (Å²) in [6.45, 7) is 0. The van der Waals surface area contributed by atoms with Crippen LogP contribution in [0.1, 0.15) is 5.82 Å². The number of hydrogen-bond donors (Lipinski definition) is 0. The van der Waals surface area contributed by atoms with Gasteiger partial charge in [-0.3, -0.25) is 9.36 Å². The molecule has 0 spiro atoms. The predicted octanol–water partition coefficient (Wildman–Crippen LogP) is 3.79. The van der Waals surface area contributed by atoms with Gasteiger partial charge in [0, 0.05) is 0 Å². The lowest BCUT2D eigenvalue weighted by Crippen LogP contribution is -2.21. The Hall–Kier alpha value is -3.85. The first-order chi connectivity index (χ1) is 15.2. The number of halogens is 1. The minimum Gasteiger partial charge on any atom is -0.268 e. The predicted molar refractivity (Wildman–Crippen MR) is 116 cm³/mol. The van der Waals surface area contributed by atoms with Gasteiger partial charge in [0.25, 0.3) is 5.56 Å². The van der Waals surface area contributed by atoms with Gasteiger partial charge in [0.15, 0.2) is 11.0 Å². The van der Waals surface area contributed by atoms with Gasteiger partial charge < -0.3 is 0 Å². The number of aromatic nitrogens is 6. The van der Waals surface area contributed by atoms with Crippen molar-refractivity contribution in [2.45, 2.75) is 10.9 Å². The maximum absolute atomic E-state index is 13.5. The van der Waals surface area contributed by atoms with Gasteiger partial charge in [-0.05, 0) is 59.0 Å². The van der Waals surface area contributed by atoms with Crippen LogP contribution in [0.5, 0.6) is 0 Å². The van der Waals surface area contributed by atoms with Crippen molar-refractivity contribution in [2.75, 3.05) is 0 Å². The van der Waals surface area contributed by atoms with Crippen LogP contribution in [0.4, 0.5) is 4.39 Å². The summed E-state index contributed by atoms with van der Waals surface area (Å²) in [6.07, 6.45) is 0. The zero-order valence-electron chi connectivity index (χ0n) is 16.1. The monoisotopic (exact) mass is 430 g/mol. The van der Waals surface area contributed by atoms with Gasteiger partial charge >= 0.3 is 0 Å². The fourth-order valence-electron chi connectivity index (χ4n) is 3.22. The fraction of sp³-hybridized carbons (Fsp3) is 0.0455. The van der Waals surface area contributed by atoms with Gasteiger partial charge in [-0.15, -0.1) is 5.10 Å². The molecule has 0 N–H and O–H groups in total. The largest absolute Gasteiger partial charge is 0.268 e. The van der Waals surface area contributed by atoms with Gasteiger partial charge in [-0.2, -0.15) is 4.68 Å². The van der Waals surface area contributed by atoms with Gasteiger partial charge in [-0.1, -0.05) is 42.1 Å². The topological polar surface area (TPSA) is 78.5 Å². The van der Waals surface area contributed by atoms with E-state index in [9.17, 15) is 9.18 Å². The van der Waals surface area contributed by atoms with Crippen LogP contribution in [0.15, 0.2) is 88.8 Å². The van der Waals surface area contributed by atoms with Crippen molar-refractivity contribution in [2.24, 2.45) is 0 Å². The first kappa shape index (κ1) is 19.1. The first-order valence-electron chi connectivity index (χ1n) is 9.44. The maximum atomic E-state index is 13.5. The highest BCUT2D eigenvalue weighted by molar-refractivity contribution is 7.98. The highest BCUT2D eigenvalue weighted by Crippen LogP contribution is 2.24. The second-order valence-corrected chi connectivity index (χ2v) is 7.60. The fourth-order valence-corrected chi connectivity index (χ4v) is 4.14. The van der Waals surface area contributed by atoms with E-state index in [-0.39, 0.29) is 11.4 Å². The average molecular weight is 430 g/mol. The zero-order valence-corrected chi connectivity index (χ0v) is 16.9. The molecule has 0 saturated heterocycles. The van der Waals surface area contributed by atoms with E-state index in [4.69, 9.17) is 4.98 Å². The van der Waals surface area contributed by atoms with E-state index in [0.29, 0.717) is 33.3 Å². The molecule has 0 atom stereocenters. The van der Waals surface area contributed by atoms with Gasteiger partial charge in [0.05, 0.1) is 28.0 Å².